The van der Waals surface area contributed by atoms with Crippen molar-refractivity contribution in [3.63, 3.8) is 0 Å². The topological polar surface area (TPSA) is 44.5 Å². The van der Waals surface area contributed by atoms with Crippen LogP contribution < -0.4 is 9.47 Å². The van der Waals surface area contributed by atoms with Gasteiger partial charge in [-0.3, -0.25) is 0 Å². The molecule has 0 spiro atoms. The SMILES string of the molecule is COc1ccc(/C=C/c2nc3ccccc3c3oc(-c4ccc(OC)cc4)cc23)cc1. The Morgan fingerprint density at radius 3 is 2.13 bits per heavy atom. The van der Waals surface area contributed by atoms with Gasteiger partial charge in [-0.25, -0.2) is 4.98 Å². The van der Waals surface area contributed by atoms with Gasteiger partial charge in [-0.1, -0.05) is 30.3 Å². The molecule has 4 heteroatoms. The summed E-state index contributed by atoms with van der Waals surface area (Å²) in [6.07, 6.45) is 4.08. The summed E-state index contributed by atoms with van der Waals surface area (Å²) in [5.74, 6) is 2.45. The number of pyridine rings is 1. The molecule has 4 nitrogen and oxygen atoms in total. The maximum atomic E-state index is 6.33. The molecule has 5 aromatic rings. The quantitative estimate of drug-likeness (QED) is 0.320. The second-order valence-corrected chi connectivity index (χ2v) is 7.20. The number of para-hydroxylation sites is 1. The average molecular weight is 407 g/mol. The van der Waals surface area contributed by atoms with Crippen LogP contribution in [-0.2, 0) is 0 Å². The van der Waals surface area contributed by atoms with Crippen molar-refractivity contribution in [1.82, 2.24) is 4.98 Å². The molecule has 0 saturated carbocycles. The number of hydrogen-bond acceptors (Lipinski definition) is 4. The first-order valence-corrected chi connectivity index (χ1v) is 10.0. The van der Waals surface area contributed by atoms with E-state index in [4.69, 9.17) is 18.9 Å². The molecule has 5 rings (SSSR count). The molecular weight excluding hydrogens is 386 g/mol. The maximum absolute atomic E-state index is 6.33. The summed E-state index contributed by atoms with van der Waals surface area (Å²) in [4.78, 5) is 4.90. The fraction of sp³-hybridized carbons (Fsp3) is 0.0741. The van der Waals surface area contributed by atoms with Crippen molar-refractivity contribution < 1.29 is 13.9 Å². The van der Waals surface area contributed by atoms with E-state index in [1.807, 2.05) is 78.9 Å². The van der Waals surface area contributed by atoms with Gasteiger partial charge in [0.05, 0.1) is 25.4 Å². The average Bonchev–Trinajstić information content (AvgIpc) is 3.29. The van der Waals surface area contributed by atoms with Crippen LogP contribution in [0.5, 0.6) is 11.5 Å². The zero-order chi connectivity index (χ0) is 21.2. The maximum Gasteiger partial charge on any atom is 0.146 e. The van der Waals surface area contributed by atoms with Crippen LogP contribution in [0.4, 0.5) is 0 Å². The fourth-order valence-electron chi connectivity index (χ4n) is 3.65. The first kappa shape index (κ1) is 18.9. The number of aromatic nitrogens is 1. The Morgan fingerprint density at radius 2 is 1.42 bits per heavy atom. The van der Waals surface area contributed by atoms with Gasteiger partial charge >= 0.3 is 0 Å². The van der Waals surface area contributed by atoms with Crippen molar-refractivity contribution in [2.24, 2.45) is 0 Å². The Labute approximate surface area is 180 Å². The van der Waals surface area contributed by atoms with Crippen LogP contribution in [0.2, 0.25) is 0 Å². The number of hydrogen-bond donors (Lipinski definition) is 0. The molecule has 0 aliphatic carbocycles. The predicted octanol–water partition coefficient (Wildman–Crippen LogP) is 6.84. The van der Waals surface area contributed by atoms with Crippen LogP contribution in [0.1, 0.15) is 11.3 Å². The van der Waals surface area contributed by atoms with Gasteiger partial charge in [0.15, 0.2) is 0 Å². The summed E-state index contributed by atoms with van der Waals surface area (Å²) >= 11 is 0. The summed E-state index contributed by atoms with van der Waals surface area (Å²) in [6.45, 7) is 0. The third-order valence-corrected chi connectivity index (χ3v) is 5.32. The van der Waals surface area contributed by atoms with Crippen LogP contribution >= 0.6 is 0 Å². The predicted molar refractivity (Wildman–Crippen MR) is 125 cm³/mol. The van der Waals surface area contributed by atoms with E-state index < -0.39 is 0 Å². The number of fused-ring (bicyclic) bond motifs is 3. The summed E-state index contributed by atoms with van der Waals surface area (Å²) in [7, 11) is 3.33. The standard InChI is InChI=1S/C27H21NO3/c1-29-20-12-7-18(8-13-20)9-16-25-23-17-26(19-10-14-21(30-2)15-11-19)31-27(23)22-5-3-4-6-24(22)28-25/h3-17H,1-2H3/b16-9+. The van der Waals surface area contributed by atoms with Crippen LogP contribution in [0.3, 0.4) is 0 Å². The van der Waals surface area contributed by atoms with Crippen molar-refractivity contribution in [1.29, 1.82) is 0 Å². The molecule has 0 amide bonds. The van der Waals surface area contributed by atoms with Gasteiger partial charge in [-0.05, 0) is 66.2 Å². The van der Waals surface area contributed by atoms with E-state index in [0.29, 0.717) is 0 Å². The van der Waals surface area contributed by atoms with Crippen molar-refractivity contribution in [2.75, 3.05) is 14.2 Å². The highest BCUT2D eigenvalue weighted by molar-refractivity contribution is 6.07. The third kappa shape index (κ3) is 3.64. The minimum atomic E-state index is 0.801. The molecular formula is C27H21NO3. The van der Waals surface area contributed by atoms with Crippen molar-refractivity contribution >= 4 is 34.0 Å². The van der Waals surface area contributed by atoms with Crippen LogP contribution in [0.15, 0.2) is 83.3 Å². The number of rotatable bonds is 5. The molecule has 0 saturated heterocycles. The molecule has 0 radical (unpaired) electrons. The fourth-order valence-corrected chi connectivity index (χ4v) is 3.65. The molecule has 152 valence electrons. The van der Waals surface area contributed by atoms with Crippen molar-refractivity contribution in [3.8, 4) is 22.8 Å². The number of methoxy groups -OCH3 is 2. The lowest BCUT2D eigenvalue weighted by molar-refractivity contribution is 0.414. The molecule has 2 heterocycles. The minimum absolute atomic E-state index is 0.801. The molecule has 0 atom stereocenters. The van der Waals surface area contributed by atoms with Crippen molar-refractivity contribution in [2.45, 2.75) is 0 Å². The van der Waals surface area contributed by atoms with Crippen molar-refractivity contribution in [3.05, 3.63) is 90.1 Å². The highest BCUT2D eigenvalue weighted by Gasteiger charge is 2.14. The molecule has 3 aromatic carbocycles. The second-order valence-electron chi connectivity index (χ2n) is 7.20. The van der Waals surface area contributed by atoms with E-state index in [1.54, 1.807) is 14.2 Å². The Balaban J connectivity index is 1.63. The number of benzene rings is 3. The molecule has 31 heavy (non-hydrogen) atoms. The van der Waals surface area contributed by atoms with E-state index in [0.717, 1.165) is 56.0 Å². The van der Waals surface area contributed by atoms with E-state index >= 15 is 0 Å². The molecule has 0 bridgehead atoms. The first-order chi connectivity index (χ1) is 15.2. The Bertz CT molecular complexity index is 1380. The summed E-state index contributed by atoms with van der Waals surface area (Å²) in [5, 5.41) is 1.98. The third-order valence-electron chi connectivity index (χ3n) is 5.32. The van der Waals surface area contributed by atoms with Gasteiger partial charge in [-0.2, -0.15) is 0 Å². The molecule has 2 aromatic heterocycles. The lowest BCUT2D eigenvalue weighted by atomic mass is 10.1. The molecule has 0 fully saturated rings. The van der Waals surface area contributed by atoms with Gasteiger partial charge in [-0.15, -0.1) is 0 Å². The van der Waals surface area contributed by atoms with Crippen LogP contribution in [0, 0.1) is 0 Å². The monoisotopic (exact) mass is 407 g/mol. The highest BCUT2D eigenvalue weighted by atomic mass is 16.5. The second kappa shape index (κ2) is 8.00. The number of furan rings is 1. The Morgan fingerprint density at radius 1 is 0.742 bits per heavy atom. The van der Waals surface area contributed by atoms with Gasteiger partial charge in [0, 0.05) is 16.3 Å². The summed E-state index contributed by atoms with van der Waals surface area (Å²) in [6, 6.07) is 25.9. The van der Waals surface area contributed by atoms with Gasteiger partial charge in [0.25, 0.3) is 0 Å². The first-order valence-electron chi connectivity index (χ1n) is 10.0. The molecule has 0 N–H and O–H groups in total. The number of ether oxygens (including phenoxy) is 2. The number of nitrogens with zero attached hydrogens (tertiary/aromatic N) is 1. The molecule has 0 unspecified atom stereocenters. The van der Waals surface area contributed by atoms with Gasteiger partial charge < -0.3 is 13.9 Å². The summed E-state index contributed by atoms with van der Waals surface area (Å²) in [5.41, 5.74) is 4.67. The van der Waals surface area contributed by atoms with E-state index in [-0.39, 0.29) is 0 Å². The highest BCUT2D eigenvalue weighted by Crippen LogP contribution is 2.35. The van der Waals surface area contributed by atoms with Crippen LogP contribution in [-0.4, -0.2) is 19.2 Å². The van der Waals surface area contributed by atoms with E-state index in [2.05, 4.69) is 12.1 Å². The van der Waals surface area contributed by atoms with E-state index in [9.17, 15) is 0 Å². The molecule has 0 aliphatic rings. The van der Waals surface area contributed by atoms with E-state index in [1.165, 1.54) is 0 Å². The smallest absolute Gasteiger partial charge is 0.146 e. The van der Waals surface area contributed by atoms with Gasteiger partial charge in [0.1, 0.15) is 22.8 Å². The minimum Gasteiger partial charge on any atom is -0.497 e. The Kier molecular flexibility index (Phi) is 4.89. The largest absolute Gasteiger partial charge is 0.497 e. The zero-order valence-electron chi connectivity index (χ0n) is 17.3. The van der Waals surface area contributed by atoms with Crippen LogP contribution in [0.25, 0.3) is 45.3 Å². The van der Waals surface area contributed by atoms with Gasteiger partial charge in [0.2, 0.25) is 0 Å². The Hall–Kier alpha value is -4.05. The lowest BCUT2D eigenvalue weighted by Gasteiger charge is -2.02. The molecule has 0 aliphatic heterocycles. The normalized spacial score (nSPS) is 11.4. The summed E-state index contributed by atoms with van der Waals surface area (Å²) < 4.78 is 16.8. The zero-order valence-corrected chi connectivity index (χ0v) is 17.3. The lowest BCUT2D eigenvalue weighted by Crippen LogP contribution is -1.85.